The molecule has 5 N–H and O–H groups in total. The quantitative estimate of drug-likeness (QED) is 0.164. The van der Waals surface area contributed by atoms with Gasteiger partial charge >= 0.3 is 0 Å². The number of fused-ring (bicyclic) bond motifs is 2. The zero-order valence-corrected chi connectivity index (χ0v) is 24.0. The van der Waals surface area contributed by atoms with E-state index in [0.717, 1.165) is 60.1 Å². The van der Waals surface area contributed by atoms with Crippen molar-refractivity contribution in [3.63, 3.8) is 0 Å². The van der Waals surface area contributed by atoms with Crippen molar-refractivity contribution in [1.29, 1.82) is 0 Å². The molecule has 44 heavy (non-hydrogen) atoms. The minimum absolute atomic E-state index is 0.0323. The summed E-state index contributed by atoms with van der Waals surface area (Å²) in [4.78, 5) is 30.3. The average molecular weight is 591 g/mol. The number of benzene rings is 1. The molecule has 1 fully saturated rings. The summed E-state index contributed by atoms with van der Waals surface area (Å²) in [5, 5.41) is 24.0. The summed E-state index contributed by atoms with van der Waals surface area (Å²) < 4.78 is 14.1. The zero-order valence-electron chi connectivity index (χ0n) is 24.0. The number of rotatable bonds is 6. The first kappa shape index (κ1) is 27.7. The fourth-order valence-corrected chi connectivity index (χ4v) is 5.92. The van der Waals surface area contributed by atoms with Crippen LogP contribution < -0.4 is 10.6 Å². The second-order valence-electron chi connectivity index (χ2n) is 11.4. The van der Waals surface area contributed by atoms with Crippen LogP contribution in [0.15, 0.2) is 72.6 Å². The van der Waals surface area contributed by atoms with Crippen LogP contribution in [-0.4, -0.2) is 54.2 Å². The van der Waals surface area contributed by atoms with Crippen LogP contribution in [0.5, 0.6) is 5.75 Å². The van der Waals surface area contributed by atoms with Crippen LogP contribution in [0.1, 0.15) is 37.8 Å². The van der Waals surface area contributed by atoms with E-state index in [1.165, 1.54) is 12.1 Å². The number of phenolic OH excluding ortho intramolecular Hbond substituents is 1. The third kappa shape index (κ3) is 5.61. The molecule has 5 heterocycles. The van der Waals surface area contributed by atoms with Gasteiger partial charge in [-0.1, -0.05) is 18.2 Å². The number of carbonyl (C=O) groups excluding carboxylic acids is 1. The van der Waals surface area contributed by atoms with E-state index < -0.39 is 5.82 Å². The number of phenols is 1. The van der Waals surface area contributed by atoms with Gasteiger partial charge in [-0.3, -0.25) is 14.9 Å². The van der Waals surface area contributed by atoms with Gasteiger partial charge in [-0.15, -0.1) is 0 Å². The summed E-state index contributed by atoms with van der Waals surface area (Å²) in [6, 6.07) is 9.41. The van der Waals surface area contributed by atoms with Gasteiger partial charge in [0.25, 0.3) is 0 Å². The number of halogens is 1. The van der Waals surface area contributed by atoms with Crippen molar-refractivity contribution in [2.45, 2.75) is 32.1 Å². The number of nitrogens with zero attached hydrogens (tertiary/aromatic N) is 4. The smallest absolute Gasteiger partial charge is 0.224 e. The van der Waals surface area contributed by atoms with Crippen LogP contribution in [0.25, 0.3) is 50.4 Å². The number of amides is 1. The van der Waals surface area contributed by atoms with E-state index in [0.29, 0.717) is 64.5 Å². The summed E-state index contributed by atoms with van der Waals surface area (Å²) in [5.41, 5.74) is 7.34. The molecular formula is C33H31FN8O2. The van der Waals surface area contributed by atoms with Gasteiger partial charge in [0.2, 0.25) is 5.91 Å². The van der Waals surface area contributed by atoms with Crippen molar-refractivity contribution in [1.82, 2.24) is 40.8 Å². The van der Waals surface area contributed by atoms with Crippen molar-refractivity contribution in [3.05, 3.63) is 84.1 Å². The Bertz CT molecular complexity index is 1960. The molecule has 7 rings (SSSR count). The lowest BCUT2D eigenvalue weighted by Gasteiger charge is -2.22. The van der Waals surface area contributed by atoms with E-state index in [9.17, 15) is 14.3 Å². The van der Waals surface area contributed by atoms with Crippen LogP contribution in [0.2, 0.25) is 0 Å². The van der Waals surface area contributed by atoms with Crippen LogP contribution in [0.4, 0.5) is 4.39 Å². The Morgan fingerprint density at radius 2 is 1.91 bits per heavy atom. The van der Waals surface area contributed by atoms with E-state index >= 15 is 0 Å². The monoisotopic (exact) mass is 590 g/mol. The Balaban J connectivity index is 1.21. The van der Waals surface area contributed by atoms with E-state index in [1.807, 2.05) is 18.2 Å². The van der Waals surface area contributed by atoms with Gasteiger partial charge in [0.15, 0.2) is 11.5 Å². The van der Waals surface area contributed by atoms with Crippen LogP contribution in [-0.2, 0) is 4.79 Å². The van der Waals surface area contributed by atoms with Crippen molar-refractivity contribution in [2.75, 3.05) is 13.1 Å². The number of allylic oxidation sites excluding steroid dienone is 4. The Morgan fingerprint density at radius 3 is 2.75 bits per heavy atom. The third-order valence-corrected chi connectivity index (χ3v) is 8.10. The maximum atomic E-state index is 14.1. The number of aromatic nitrogens is 6. The van der Waals surface area contributed by atoms with Crippen LogP contribution in [0.3, 0.4) is 0 Å². The summed E-state index contributed by atoms with van der Waals surface area (Å²) in [5.74, 6) is 0.134. The molecular weight excluding hydrogens is 559 g/mol. The number of imidazole rings is 1. The predicted octanol–water partition coefficient (Wildman–Crippen LogP) is 5.53. The lowest BCUT2D eigenvalue weighted by molar-refractivity contribution is -0.121. The maximum absolute atomic E-state index is 14.1. The van der Waals surface area contributed by atoms with Crippen LogP contribution >= 0.6 is 0 Å². The first-order valence-corrected chi connectivity index (χ1v) is 14.7. The fourth-order valence-electron chi connectivity index (χ4n) is 5.92. The number of hydrogen-bond donors (Lipinski definition) is 5. The van der Waals surface area contributed by atoms with Gasteiger partial charge < -0.3 is 20.7 Å². The highest BCUT2D eigenvalue weighted by Gasteiger charge is 2.21. The lowest BCUT2D eigenvalue weighted by Crippen LogP contribution is -2.32. The number of nitrogens with one attached hydrogen (secondary N) is 4. The molecule has 11 heteroatoms. The molecule has 0 atom stereocenters. The third-order valence-electron chi connectivity index (χ3n) is 8.10. The van der Waals surface area contributed by atoms with Gasteiger partial charge in [-0.2, -0.15) is 5.10 Å². The minimum atomic E-state index is -0.570. The highest BCUT2D eigenvalue weighted by molar-refractivity contribution is 5.95. The number of aromatic hydroxyl groups is 1. The van der Waals surface area contributed by atoms with Gasteiger partial charge in [0.1, 0.15) is 22.6 Å². The summed E-state index contributed by atoms with van der Waals surface area (Å²) in [7, 11) is 0. The average Bonchev–Trinajstić information content (AvgIpc) is 3.58. The Hall–Kier alpha value is -5.16. The zero-order chi connectivity index (χ0) is 30.2. The SMILES string of the molecule is C=C1CC=C(c2ccc3[nH]nc(-c4nc5c(-c6cc(O)cc(F)c6)nccc5[nH]4)c3n2)C=C(NC(=O)CC2CCNCC2)C1. The van der Waals surface area contributed by atoms with Crippen LogP contribution in [0, 0.1) is 11.7 Å². The number of hydrogen-bond acceptors (Lipinski definition) is 7. The molecule has 5 aromatic rings. The number of piperidine rings is 1. The van der Waals surface area contributed by atoms with Gasteiger partial charge in [-0.25, -0.2) is 14.4 Å². The van der Waals surface area contributed by atoms with E-state index in [2.05, 4.69) is 43.5 Å². The Kier molecular flexibility index (Phi) is 7.23. The molecule has 0 spiro atoms. The number of pyridine rings is 2. The second-order valence-corrected chi connectivity index (χ2v) is 11.4. The number of H-pyrrole nitrogens is 2. The van der Waals surface area contributed by atoms with E-state index in [1.54, 1.807) is 12.3 Å². The molecule has 1 amide bonds. The lowest BCUT2D eigenvalue weighted by atomic mass is 9.94. The summed E-state index contributed by atoms with van der Waals surface area (Å²) in [6.45, 7) is 6.11. The van der Waals surface area contributed by atoms with Crippen molar-refractivity contribution in [3.8, 4) is 28.5 Å². The largest absolute Gasteiger partial charge is 0.508 e. The number of carbonyl (C=O) groups is 1. The second kappa shape index (κ2) is 11.5. The highest BCUT2D eigenvalue weighted by Crippen LogP contribution is 2.33. The highest BCUT2D eigenvalue weighted by atomic mass is 19.1. The van der Waals surface area contributed by atoms with E-state index in [-0.39, 0.29) is 11.7 Å². The predicted molar refractivity (Wildman–Crippen MR) is 167 cm³/mol. The topological polar surface area (TPSA) is 144 Å². The molecule has 1 aliphatic carbocycles. The molecule has 1 saturated heterocycles. The first-order valence-electron chi connectivity index (χ1n) is 14.7. The van der Waals surface area contributed by atoms with Gasteiger partial charge in [0, 0.05) is 36.4 Å². The Morgan fingerprint density at radius 1 is 1.07 bits per heavy atom. The van der Waals surface area contributed by atoms with E-state index in [4.69, 9.17) is 9.97 Å². The van der Waals surface area contributed by atoms with Crippen molar-refractivity contribution >= 4 is 33.5 Å². The molecule has 222 valence electrons. The molecule has 0 saturated carbocycles. The molecule has 4 aromatic heterocycles. The molecule has 2 aliphatic rings. The van der Waals surface area contributed by atoms with Gasteiger partial charge in [-0.05, 0) is 80.3 Å². The number of aromatic amines is 2. The standard InChI is InChI=1S/C33H31FN8O2/c1-18-2-3-20(15-23(12-18)37-28(44)13-19-6-9-35-10-7-19)25-4-5-27-31(38-25)32(42-41-27)33-39-26-8-11-36-29(30(26)40-33)21-14-22(34)17-24(43)16-21/h3-5,8,11,14-17,19,35,43H,1-2,6-7,9-10,12-13H2,(H,37,44)(H,39,40)(H,41,42). The molecule has 1 aromatic carbocycles. The minimum Gasteiger partial charge on any atom is -0.508 e. The molecule has 0 unspecified atom stereocenters. The molecule has 0 radical (unpaired) electrons. The molecule has 10 nitrogen and oxygen atoms in total. The molecule has 1 aliphatic heterocycles. The Labute approximate surface area is 252 Å². The van der Waals surface area contributed by atoms with Gasteiger partial charge in [0.05, 0.1) is 22.4 Å². The maximum Gasteiger partial charge on any atom is 0.224 e. The summed E-state index contributed by atoms with van der Waals surface area (Å²) in [6.07, 6.45) is 9.47. The molecule has 0 bridgehead atoms. The summed E-state index contributed by atoms with van der Waals surface area (Å²) >= 11 is 0. The van der Waals surface area contributed by atoms with Crippen molar-refractivity contribution in [2.24, 2.45) is 5.92 Å². The normalized spacial score (nSPS) is 16.2. The van der Waals surface area contributed by atoms with Crippen molar-refractivity contribution < 1.29 is 14.3 Å². The first-order chi connectivity index (χ1) is 21.4. The fraction of sp³-hybridized carbons (Fsp3) is 0.242.